The van der Waals surface area contributed by atoms with Crippen LogP contribution in [0, 0.1) is 5.92 Å². The highest BCUT2D eigenvalue weighted by molar-refractivity contribution is 7.99. The minimum absolute atomic E-state index is 0.255. The van der Waals surface area contributed by atoms with Crippen molar-refractivity contribution < 1.29 is 15.0 Å². The van der Waals surface area contributed by atoms with Crippen LogP contribution in [0.2, 0.25) is 0 Å². The van der Waals surface area contributed by atoms with E-state index in [0.29, 0.717) is 37.5 Å². The molecular weight excluding hydrogens is 262 g/mol. The predicted octanol–water partition coefficient (Wildman–Crippen LogP) is 1.87. The van der Waals surface area contributed by atoms with Crippen molar-refractivity contribution >= 4 is 17.7 Å². The second-order valence-corrected chi connectivity index (χ2v) is 7.36. The summed E-state index contributed by atoms with van der Waals surface area (Å²) >= 11 is 2.03. The largest absolute Gasteiger partial charge is 0.481 e. The summed E-state index contributed by atoms with van der Waals surface area (Å²) in [5.74, 6) is 0.291. The van der Waals surface area contributed by atoms with Crippen LogP contribution >= 0.6 is 11.8 Å². The molecule has 0 aromatic carbocycles. The fourth-order valence-corrected chi connectivity index (χ4v) is 4.29. The minimum Gasteiger partial charge on any atom is -0.481 e. The van der Waals surface area contributed by atoms with Crippen LogP contribution in [0.5, 0.6) is 0 Å². The molecule has 110 valence electrons. The number of hydrogen-bond acceptors (Lipinski definition) is 4. The highest BCUT2D eigenvalue weighted by atomic mass is 32.2. The van der Waals surface area contributed by atoms with E-state index in [1.54, 1.807) is 0 Å². The van der Waals surface area contributed by atoms with Crippen molar-refractivity contribution in [2.24, 2.45) is 5.92 Å². The molecule has 2 fully saturated rings. The van der Waals surface area contributed by atoms with Crippen LogP contribution in [0.15, 0.2) is 0 Å². The number of aliphatic carboxylic acids is 1. The van der Waals surface area contributed by atoms with Crippen molar-refractivity contribution in [1.82, 2.24) is 5.32 Å². The van der Waals surface area contributed by atoms with E-state index in [1.807, 2.05) is 11.8 Å². The summed E-state index contributed by atoms with van der Waals surface area (Å²) in [6.45, 7) is 1.58. The fourth-order valence-electron chi connectivity index (χ4n) is 3.01. The maximum Gasteiger partial charge on any atom is 0.306 e. The van der Waals surface area contributed by atoms with Gasteiger partial charge in [0.05, 0.1) is 11.5 Å². The Morgan fingerprint density at radius 2 is 2.00 bits per heavy atom. The van der Waals surface area contributed by atoms with Crippen molar-refractivity contribution in [2.75, 3.05) is 18.8 Å². The van der Waals surface area contributed by atoms with Gasteiger partial charge in [-0.15, -0.1) is 0 Å². The van der Waals surface area contributed by atoms with Gasteiger partial charge in [0.1, 0.15) is 0 Å². The van der Waals surface area contributed by atoms with Crippen LogP contribution < -0.4 is 5.32 Å². The summed E-state index contributed by atoms with van der Waals surface area (Å²) < 4.78 is 0. The molecule has 1 unspecified atom stereocenters. The first kappa shape index (κ1) is 15.1. The van der Waals surface area contributed by atoms with Crippen LogP contribution in [0.4, 0.5) is 0 Å². The van der Waals surface area contributed by atoms with Gasteiger partial charge in [0.15, 0.2) is 0 Å². The molecule has 4 nitrogen and oxygen atoms in total. The zero-order valence-electron chi connectivity index (χ0n) is 11.4. The number of carboxylic acid groups (broad SMARTS) is 1. The first-order chi connectivity index (χ1) is 9.09. The van der Waals surface area contributed by atoms with E-state index in [2.05, 4.69) is 5.32 Å². The first-order valence-corrected chi connectivity index (χ1v) is 8.41. The standard InChI is InChI=1S/C14H25NO3S/c16-13(17)11-4-6-14(18,7-5-11)10-15-9-12-3-1-2-8-19-12/h11-12,15,18H,1-10H2,(H,16,17). The molecular formula is C14H25NO3S. The van der Waals surface area contributed by atoms with Gasteiger partial charge in [0.25, 0.3) is 0 Å². The van der Waals surface area contributed by atoms with Gasteiger partial charge in [-0.05, 0) is 44.3 Å². The molecule has 3 N–H and O–H groups in total. The smallest absolute Gasteiger partial charge is 0.306 e. The lowest BCUT2D eigenvalue weighted by molar-refractivity contribution is -0.144. The average molecular weight is 287 g/mol. The van der Waals surface area contributed by atoms with Gasteiger partial charge in [-0.3, -0.25) is 4.79 Å². The molecule has 0 aromatic heterocycles. The molecule has 0 bridgehead atoms. The summed E-state index contributed by atoms with van der Waals surface area (Å²) in [5, 5.41) is 23.5. The van der Waals surface area contributed by atoms with E-state index in [9.17, 15) is 9.90 Å². The summed E-state index contributed by atoms with van der Waals surface area (Å²) in [4.78, 5) is 10.9. The third-order valence-electron chi connectivity index (χ3n) is 4.37. The molecule has 1 aliphatic heterocycles. The molecule has 19 heavy (non-hydrogen) atoms. The molecule has 0 amide bonds. The van der Waals surface area contributed by atoms with E-state index in [0.717, 1.165) is 6.54 Å². The topological polar surface area (TPSA) is 69.6 Å². The Bertz CT molecular complexity index is 297. The third kappa shape index (κ3) is 4.65. The Labute approximate surface area is 119 Å². The van der Waals surface area contributed by atoms with Gasteiger partial charge in [0.2, 0.25) is 0 Å². The predicted molar refractivity (Wildman–Crippen MR) is 77.5 cm³/mol. The number of hydrogen-bond donors (Lipinski definition) is 3. The molecule has 1 saturated heterocycles. The van der Waals surface area contributed by atoms with Gasteiger partial charge in [-0.1, -0.05) is 6.42 Å². The van der Waals surface area contributed by atoms with Crippen molar-refractivity contribution in [3.8, 4) is 0 Å². The molecule has 1 saturated carbocycles. The lowest BCUT2D eigenvalue weighted by Gasteiger charge is -2.35. The summed E-state index contributed by atoms with van der Waals surface area (Å²) in [5.41, 5.74) is -0.689. The molecule has 0 aromatic rings. The Morgan fingerprint density at radius 3 is 2.58 bits per heavy atom. The number of carboxylic acids is 1. The minimum atomic E-state index is -0.714. The number of carbonyl (C=O) groups is 1. The van der Waals surface area contributed by atoms with E-state index < -0.39 is 11.6 Å². The molecule has 0 radical (unpaired) electrons. The average Bonchev–Trinajstić information content (AvgIpc) is 2.40. The lowest BCUT2D eigenvalue weighted by atomic mass is 9.79. The molecule has 0 spiro atoms. The highest BCUT2D eigenvalue weighted by Crippen LogP contribution is 2.32. The van der Waals surface area contributed by atoms with Crippen molar-refractivity contribution in [2.45, 2.75) is 55.8 Å². The summed E-state index contributed by atoms with van der Waals surface area (Å²) in [6, 6.07) is 0. The van der Waals surface area contributed by atoms with E-state index >= 15 is 0 Å². The van der Waals surface area contributed by atoms with Gasteiger partial charge in [-0.2, -0.15) is 11.8 Å². The second kappa shape index (κ2) is 6.95. The van der Waals surface area contributed by atoms with Crippen molar-refractivity contribution in [3.05, 3.63) is 0 Å². The quantitative estimate of drug-likeness (QED) is 0.720. The maximum atomic E-state index is 10.9. The highest BCUT2D eigenvalue weighted by Gasteiger charge is 2.35. The number of aliphatic hydroxyl groups is 1. The van der Waals surface area contributed by atoms with E-state index in [4.69, 9.17) is 5.11 Å². The maximum absolute atomic E-state index is 10.9. The SMILES string of the molecule is O=C(O)C1CCC(O)(CNCC2CCCCS2)CC1. The van der Waals surface area contributed by atoms with Crippen LogP contribution in [-0.4, -0.2) is 45.9 Å². The monoisotopic (exact) mass is 287 g/mol. The Balaban J connectivity index is 1.66. The van der Waals surface area contributed by atoms with E-state index in [-0.39, 0.29) is 5.92 Å². The van der Waals surface area contributed by atoms with Gasteiger partial charge in [0, 0.05) is 18.3 Å². The van der Waals surface area contributed by atoms with Gasteiger partial charge < -0.3 is 15.5 Å². The summed E-state index contributed by atoms with van der Waals surface area (Å²) in [6.07, 6.45) is 6.35. The van der Waals surface area contributed by atoms with Gasteiger partial charge in [-0.25, -0.2) is 0 Å². The fraction of sp³-hybridized carbons (Fsp3) is 0.929. The van der Waals surface area contributed by atoms with Crippen molar-refractivity contribution in [1.29, 1.82) is 0 Å². The van der Waals surface area contributed by atoms with Crippen LogP contribution in [0.25, 0.3) is 0 Å². The number of rotatable bonds is 5. The zero-order valence-corrected chi connectivity index (χ0v) is 12.3. The normalized spacial score (nSPS) is 36.1. The molecule has 1 aliphatic carbocycles. The Hall–Kier alpha value is -0.260. The van der Waals surface area contributed by atoms with Crippen LogP contribution in [-0.2, 0) is 4.79 Å². The van der Waals surface area contributed by atoms with Crippen molar-refractivity contribution in [3.63, 3.8) is 0 Å². The molecule has 2 rings (SSSR count). The molecule has 1 heterocycles. The number of nitrogens with one attached hydrogen (secondary N) is 1. The second-order valence-electron chi connectivity index (χ2n) is 5.96. The number of thioether (sulfide) groups is 1. The zero-order chi connectivity index (χ0) is 13.7. The first-order valence-electron chi connectivity index (χ1n) is 7.37. The van der Waals surface area contributed by atoms with Crippen LogP contribution in [0.1, 0.15) is 44.9 Å². The van der Waals surface area contributed by atoms with Crippen LogP contribution in [0.3, 0.4) is 0 Å². The van der Waals surface area contributed by atoms with E-state index in [1.165, 1.54) is 25.0 Å². The Morgan fingerprint density at radius 1 is 1.26 bits per heavy atom. The molecule has 2 aliphatic rings. The Kier molecular flexibility index (Phi) is 5.54. The molecule has 5 heteroatoms. The summed E-state index contributed by atoms with van der Waals surface area (Å²) in [7, 11) is 0. The third-order valence-corrected chi connectivity index (χ3v) is 5.76. The lowest BCUT2D eigenvalue weighted by Crippen LogP contribution is -2.45. The molecule has 1 atom stereocenters. The van der Waals surface area contributed by atoms with Gasteiger partial charge >= 0.3 is 5.97 Å².